The van der Waals surface area contributed by atoms with Gasteiger partial charge in [-0.05, 0) is 79.8 Å². The highest BCUT2D eigenvalue weighted by atomic mass is 16.6. The van der Waals surface area contributed by atoms with Gasteiger partial charge in [-0.1, -0.05) is 32.9 Å². The van der Waals surface area contributed by atoms with E-state index >= 15 is 0 Å². The van der Waals surface area contributed by atoms with Crippen molar-refractivity contribution >= 4 is 29.5 Å². The lowest BCUT2D eigenvalue weighted by atomic mass is 10.0. The van der Waals surface area contributed by atoms with E-state index in [2.05, 4.69) is 32.9 Å². The first kappa shape index (κ1) is 27.6. The summed E-state index contributed by atoms with van der Waals surface area (Å²) in [6, 6.07) is 5.99. The lowest BCUT2D eigenvalue weighted by Crippen LogP contribution is -2.13. The molecule has 0 heterocycles. The summed E-state index contributed by atoms with van der Waals surface area (Å²) in [5, 5.41) is 0. The summed E-state index contributed by atoms with van der Waals surface area (Å²) in [6.45, 7) is 24.3. The number of benzene rings is 2. The molecule has 2 aromatic rings. The lowest BCUT2D eigenvalue weighted by Gasteiger charge is -2.14. The number of fused-ring (bicyclic) bond motifs is 3. The summed E-state index contributed by atoms with van der Waals surface area (Å²) in [5.41, 5.74) is 3.18. The van der Waals surface area contributed by atoms with E-state index in [9.17, 15) is 19.2 Å². The van der Waals surface area contributed by atoms with Crippen LogP contribution in [0.5, 0.6) is 23.0 Å². The van der Waals surface area contributed by atoms with Gasteiger partial charge in [-0.15, -0.1) is 0 Å². The second-order valence-electron chi connectivity index (χ2n) is 8.85. The minimum Gasteiger partial charge on any atom is -0.419 e. The molecule has 0 saturated heterocycles. The molecule has 8 nitrogen and oxygen atoms in total. The number of ether oxygens (including phenoxy) is 4. The number of rotatable bonds is 8. The van der Waals surface area contributed by atoms with E-state index in [1.54, 1.807) is 0 Å². The molecule has 194 valence electrons. The summed E-state index contributed by atoms with van der Waals surface area (Å²) in [6.07, 6.45) is 0. The van der Waals surface area contributed by atoms with E-state index in [0.717, 1.165) is 0 Å². The smallest absolute Gasteiger partial charge is 0.338 e. The Morgan fingerprint density at radius 1 is 0.474 bits per heavy atom. The van der Waals surface area contributed by atoms with Crippen LogP contribution in [-0.2, 0) is 19.2 Å². The van der Waals surface area contributed by atoms with Crippen molar-refractivity contribution in [2.75, 3.05) is 0 Å². The maximum Gasteiger partial charge on any atom is 0.338 e. The standard InChI is InChI=1S/C30H26O8/c1-14(2)27(31)35-23-10-19-18(9)20-11-24(36-28(32)15(3)4)26(38-30(34)17(7)8)13-22(20)21(19)12-25(23)37-29(33)16(5)6/h10-13H,1,3,5,7,9H2,2,4,6,8H3. The second-order valence-corrected chi connectivity index (χ2v) is 8.85. The molecule has 0 spiro atoms. The third-order valence-corrected chi connectivity index (χ3v) is 5.31. The maximum atomic E-state index is 12.3. The normalized spacial score (nSPS) is 11.0. The van der Waals surface area contributed by atoms with Gasteiger partial charge in [-0.3, -0.25) is 0 Å². The van der Waals surface area contributed by atoms with Crippen LogP contribution in [0.15, 0.2) is 79.5 Å². The molecule has 1 aliphatic carbocycles. The fraction of sp³-hybridized carbons (Fsp3) is 0.133. The van der Waals surface area contributed by atoms with Gasteiger partial charge in [0.2, 0.25) is 0 Å². The van der Waals surface area contributed by atoms with E-state index < -0.39 is 23.9 Å². The van der Waals surface area contributed by atoms with E-state index in [4.69, 9.17) is 18.9 Å². The first-order valence-corrected chi connectivity index (χ1v) is 11.3. The monoisotopic (exact) mass is 514 g/mol. The van der Waals surface area contributed by atoms with Crippen molar-refractivity contribution in [3.63, 3.8) is 0 Å². The van der Waals surface area contributed by atoms with Crippen molar-refractivity contribution in [1.82, 2.24) is 0 Å². The first-order valence-electron chi connectivity index (χ1n) is 11.3. The molecule has 38 heavy (non-hydrogen) atoms. The van der Waals surface area contributed by atoms with Gasteiger partial charge in [0.1, 0.15) is 0 Å². The Hall–Kier alpha value is -4.98. The zero-order valence-corrected chi connectivity index (χ0v) is 21.6. The average molecular weight is 515 g/mol. The molecule has 0 atom stereocenters. The summed E-state index contributed by atoms with van der Waals surface area (Å²) in [7, 11) is 0. The molecule has 0 fully saturated rings. The second kappa shape index (κ2) is 10.6. The van der Waals surface area contributed by atoms with Crippen LogP contribution in [0.2, 0.25) is 0 Å². The molecular weight excluding hydrogens is 488 g/mol. The SMILES string of the molecule is C=C(C)C(=O)Oc1cc2c(cc1OC(=O)C(=C)C)-c1cc(OC(=O)C(=C)C)c(OC(=O)C(=C)C)cc1C2=C. The summed E-state index contributed by atoms with van der Waals surface area (Å²) >= 11 is 0. The summed E-state index contributed by atoms with van der Waals surface area (Å²) < 4.78 is 21.7. The van der Waals surface area contributed by atoms with Gasteiger partial charge < -0.3 is 18.9 Å². The molecule has 0 bridgehead atoms. The van der Waals surface area contributed by atoms with Crippen LogP contribution in [0.4, 0.5) is 0 Å². The van der Waals surface area contributed by atoms with E-state index in [0.29, 0.717) is 27.8 Å². The van der Waals surface area contributed by atoms with Crippen molar-refractivity contribution in [2.24, 2.45) is 0 Å². The third kappa shape index (κ3) is 5.54. The highest BCUT2D eigenvalue weighted by molar-refractivity contribution is 6.04. The van der Waals surface area contributed by atoms with Gasteiger partial charge in [0.25, 0.3) is 0 Å². The van der Waals surface area contributed by atoms with Crippen molar-refractivity contribution in [3.8, 4) is 34.1 Å². The fourth-order valence-corrected chi connectivity index (χ4v) is 3.28. The van der Waals surface area contributed by atoms with Gasteiger partial charge in [0, 0.05) is 22.3 Å². The van der Waals surface area contributed by atoms with Crippen LogP contribution in [-0.4, -0.2) is 23.9 Å². The van der Waals surface area contributed by atoms with Gasteiger partial charge in [0.05, 0.1) is 0 Å². The Labute approximate surface area is 220 Å². The fourth-order valence-electron chi connectivity index (χ4n) is 3.28. The van der Waals surface area contributed by atoms with E-state index in [-0.39, 0.29) is 45.3 Å². The third-order valence-electron chi connectivity index (χ3n) is 5.31. The van der Waals surface area contributed by atoms with Crippen LogP contribution in [0.1, 0.15) is 38.8 Å². The predicted molar refractivity (Wildman–Crippen MR) is 142 cm³/mol. The largest absolute Gasteiger partial charge is 0.419 e. The minimum atomic E-state index is -0.729. The van der Waals surface area contributed by atoms with Gasteiger partial charge in [-0.25, -0.2) is 19.2 Å². The first-order chi connectivity index (χ1) is 17.7. The zero-order chi connectivity index (χ0) is 28.5. The zero-order valence-electron chi connectivity index (χ0n) is 21.6. The molecule has 8 heteroatoms. The quantitative estimate of drug-likeness (QED) is 0.216. The number of carbonyl (C=O) groups excluding carboxylic acids is 4. The Kier molecular flexibility index (Phi) is 7.67. The Balaban J connectivity index is 2.22. The molecule has 2 aromatic carbocycles. The molecule has 0 aromatic heterocycles. The number of carbonyl (C=O) groups is 4. The Morgan fingerprint density at radius 2 is 0.684 bits per heavy atom. The molecule has 0 unspecified atom stereocenters. The Morgan fingerprint density at radius 3 is 0.895 bits per heavy atom. The lowest BCUT2D eigenvalue weighted by molar-refractivity contribution is -0.132. The van der Waals surface area contributed by atoms with Crippen LogP contribution < -0.4 is 18.9 Å². The van der Waals surface area contributed by atoms with E-state index in [1.165, 1.54) is 52.0 Å². The number of esters is 4. The highest BCUT2D eigenvalue weighted by Crippen LogP contribution is 2.51. The van der Waals surface area contributed by atoms with Crippen LogP contribution >= 0.6 is 0 Å². The van der Waals surface area contributed by atoms with Crippen LogP contribution in [0.25, 0.3) is 16.7 Å². The van der Waals surface area contributed by atoms with Crippen molar-refractivity contribution in [3.05, 3.63) is 90.6 Å². The van der Waals surface area contributed by atoms with E-state index in [1.807, 2.05) is 0 Å². The molecule has 0 N–H and O–H groups in total. The van der Waals surface area contributed by atoms with Gasteiger partial charge >= 0.3 is 23.9 Å². The average Bonchev–Trinajstić information content (AvgIpc) is 3.09. The maximum absolute atomic E-state index is 12.3. The number of hydrogen-bond acceptors (Lipinski definition) is 8. The summed E-state index contributed by atoms with van der Waals surface area (Å²) in [4.78, 5) is 49.2. The topological polar surface area (TPSA) is 105 Å². The predicted octanol–water partition coefficient (Wildman–Crippen LogP) is 5.65. The van der Waals surface area contributed by atoms with Crippen molar-refractivity contribution < 1.29 is 38.1 Å². The van der Waals surface area contributed by atoms with Gasteiger partial charge in [-0.2, -0.15) is 0 Å². The highest BCUT2D eigenvalue weighted by Gasteiger charge is 2.30. The number of hydrogen-bond donors (Lipinski definition) is 0. The summed E-state index contributed by atoms with van der Waals surface area (Å²) in [5.74, 6) is -3.08. The van der Waals surface area contributed by atoms with Crippen molar-refractivity contribution in [1.29, 1.82) is 0 Å². The van der Waals surface area contributed by atoms with Crippen molar-refractivity contribution in [2.45, 2.75) is 27.7 Å². The molecule has 3 rings (SSSR count). The molecular formula is C30H26O8. The molecule has 0 aliphatic heterocycles. The minimum absolute atomic E-state index is 0.0387. The Bertz CT molecular complexity index is 1390. The van der Waals surface area contributed by atoms with Gasteiger partial charge in [0.15, 0.2) is 23.0 Å². The van der Waals surface area contributed by atoms with Crippen LogP contribution in [0, 0.1) is 0 Å². The van der Waals surface area contributed by atoms with Crippen LogP contribution in [0.3, 0.4) is 0 Å². The molecule has 0 amide bonds. The molecule has 0 saturated carbocycles. The molecule has 0 radical (unpaired) electrons. The molecule has 1 aliphatic rings.